The standard InChI is InChI=1S/C14H10N2O2/c1-15-11-7-9-12(10-8-11)16-14(17)18-13-5-3-2-4-6-13/h2-10H,(H,16,17). The molecule has 0 bridgehead atoms. The predicted molar refractivity (Wildman–Crippen MR) is 68.8 cm³/mol. The van der Waals surface area contributed by atoms with Crippen molar-refractivity contribution in [2.24, 2.45) is 0 Å². The van der Waals surface area contributed by atoms with Crippen LogP contribution in [-0.4, -0.2) is 6.09 Å². The van der Waals surface area contributed by atoms with E-state index in [9.17, 15) is 4.79 Å². The van der Waals surface area contributed by atoms with E-state index in [2.05, 4.69) is 10.2 Å². The van der Waals surface area contributed by atoms with Crippen molar-refractivity contribution in [2.45, 2.75) is 0 Å². The molecular weight excluding hydrogens is 228 g/mol. The summed E-state index contributed by atoms with van der Waals surface area (Å²) in [5, 5.41) is 2.58. The molecule has 0 aromatic heterocycles. The Morgan fingerprint density at radius 2 is 1.72 bits per heavy atom. The quantitative estimate of drug-likeness (QED) is 0.807. The summed E-state index contributed by atoms with van der Waals surface area (Å²) in [4.78, 5) is 14.8. The number of rotatable bonds is 2. The molecule has 0 aliphatic rings. The molecule has 0 saturated heterocycles. The molecule has 0 radical (unpaired) electrons. The summed E-state index contributed by atoms with van der Waals surface area (Å²) in [5.41, 5.74) is 1.11. The number of carbonyl (C=O) groups excluding carboxylic acids is 1. The van der Waals surface area contributed by atoms with Gasteiger partial charge in [0.15, 0.2) is 5.69 Å². The number of anilines is 1. The minimum atomic E-state index is -0.559. The molecule has 0 unspecified atom stereocenters. The van der Waals surface area contributed by atoms with Crippen LogP contribution in [0.25, 0.3) is 4.85 Å². The van der Waals surface area contributed by atoms with E-state index < -0.39 is 6.09 Å². The summed E-state index contributed by atoms with van der Waals surface area (Å²) in [6.07, 6.45) is -0.559. The van der Waals surface area contributed by atoms with Crippen LogP contribution in [0, 0.1) is 6.57 Å². The second-order valence-corrected chi connectivity index (χ2v) is 3.49. The molecule has 0 heterocycles. The summed E-state index contributed by atoms with van der Waals surface area (Å²) in [6, 6.07) is 15.4. The molecular formula is C14H10N2O2. The van der Waals surface area contributed by atoms with Crippen LogP contribution in [0.4, 0.5) is 16.2 Å². The molecule has 0 aliphatic carbocycles. The predicted octanol–water partition coefficient (Wildman–Crippen LogP) is 3.85. The highest BCUT2D eigenvalue weighted by molar-refractivity contribution is 5.86. The Hall–Kier alpha value is -2.80. The molecule has 4 nitrogen and oxygen atoms in total. The topological polar surface area (TPSA) is 42.7 Å². The van der Waals surface area contributed by atoms with Crippen molar-refractivity contribution in [3.05, 3.63) is 66.0 Å². The zero-order valence-electron chi connectivity index (χ0n) is 9.46. The smallest absolute Gasteiger partial charge is 0.410 e. The average molecular weight is 238 g/mol. The van der Waals surface area contributed by atoms with E-state index in [1.54, 1.807) is 48.5 Å². The highest BCUT2D eigenvalue weighted by atomic mass is 16.6. The van der Waals surface area contributed by atoms with Gasteiger partial charge in [0, 0.05) is 5.69 Å². The maximum atomic E-state index is 11.5. The molecule has 0 atom stereocenters. The first-order chi connectivity index (χ1) is 8.78. The van der Waals surface area contributed by atoms with Crippen molar-refractivity contribution in [3.63, 3.8) is 0 Å². The lowest BCUT2D eigenvalue weighted by molar-refractivity contribution is 0.215. The first-order valence-corrected chi connectivity index (χ1v) is 5.29. The first-order valence-electron chi connectivity index (χ1n) is 5.29. The first kappa shape index (κ1) is 11.7. The third-order valence-corrected chi connectivity index (χ3v) is 2.20. The molecule has 88 valence electrons. The average Bonchev–Trinajstić information content (AvgIpc) is 2.40. The van der Waals surface area contributed by atoms with Crippen LogP contribution in [0.15, 0.2) is 54.6 Å². The fourth-order valence-corrected chi connectivity index (χ4v) is 1.36. The van der Waals surface area contributed by atoms with Gasteiger partial charge in [0.25, 0.3) is 0 Å². The van der Waals surface area contributed by atoms with Gasteiger partial charge >= 0.3 is 6.09 Å². The Morgan fingerprint density at radius 1 is 1.06 bits per heavy atom. The monoisotopic (exact) mass is 238 g/mol. The summed E-state index contributed by atoms with van der Waals surface area (Å²) in [6.45, 7) is 6.82. The number of hydrogen-bond acceptors (Lipinski definition) is 2. The van der Waals surface area contributed by atoms with Crippen LogP contribution in [0.1, 0.15) is 0 Å². The lowest BCUT2D eigenvalue weighted by atomic mass is 10.3. The summed E-state index contributed by atoms with van der Waals surface area (Å²) in [7, 11) is 0. The molecule has 18 heavy (non-hydrogen) atoms. The van der Waals surface area contributed by atoms with Gasteiger partial charge in [0.2, 0.25) is 0 Å². The summed E-state index contributed by atoms with van der Waals surface area (Å²) < 4.78 is 5.06. The molecule has 2 aromatic rings. The molecule has 1 N–H and O–H groups in total. The molecule has 0 fully saturated rings. The van der Waals surface area contributed by atoms with Crippen LogP contribution >= 0.6 is 0 Å². The number of para-hydroxylation sites is 1. The Balaban J connectivity index is 1.97. The van der Waals surface area contributed by atoms with Gasteiger partial charge in [0.1, 0.15) is 5.75 Å². The van der Waals surface area contributed by atoms with E-state index in [1.807, 2.05) is 6.07 Å². The number of ether oxygens (including phenoxy) is 1. The van der Waals surface area contributed by atoms with E-state index in [0.29, 0.717) is 17.1 Å². The van der Waals surface area contributed by atoms with E-state index in [4.69, 9.17) is 11.3 Å². The highest BCUT2D eigenvalue weighted by Gasteiger charge is 2.04. The molecule has 0 saturated carbocycles. The van der Waals surface area contributed by atoms with Crippen molar-refractivity contribution in [3.8, 4) is 5.75 Å². The number of hydrogen-bond donors (Lipinski definition) is 1. The molecule has 0 aliphatic heterocycles. The Morgan fingerprint density at radius 3 is 2.33 bits per heavy atom. The second kappa shape index (κ2) is 5.51. The maximum absolute atomic E-state index is 11.5. The lowest BCUT2D eigenvalue weighted by Crippen LogP contribution is -2.16. The Kier molecular flexibility index (Phi) is 3.57. The van der Waals surface area contributed by atoms with Gasteiger partial charge in [-0.1, -0.05) is 30.3 Å². The van der Waals surface area contributed by atoms with E-state index >= 15 is 0 Å². The molecule has 0 spiro atoms. The highest BCUT2D eigenvalue weighted by Crippen LogP contribution is 2.16. The maximum Gasteiger partial charge on any atom is 0.417 e. The van der Waals surface area contributed by atoms with Gasteiger partial charge < -0.3 is 4.74 Å². The van der Waals surface area contributed by atoms with Crippen molar-refractivity contribution in [2.75, 3.05) is 5.32 Å². The zero-order chi connectivity index (χ0) is 12.8. The molecule has 1 amide bonds. The van der Waals surface area contributed by atoms with Gasteiger partial charge in [-0.15, -0.1) is 0 Å². The Bertz CT molecular complexity index is 571. The Labute approximate surface area is 105 Å². The third kappa shape index (κ3) is 3.09. The normalized spacial score (nSPS) is 9.28. The number of benzene rings is 2. The zero-order valence-corrected chi connectivity index (χ0v) is 9.46. The SMILES string of the molecule is [C-]#[N+]c1ccc(NC(=O)Oc2ccccc2)cc1. The fraction of sp³-hybridized carbons (Fsp3) is 0. The van der Waals surface area contributed by atoms with Crippen molar-refractivity contribution in [1.82, 2.24) is 0 Å². The molecule has 2 aromatic carbocycles. The van der Waals surface area contributed by atoms with Crippen molar-refractivity contribution in [1.29, 1.82) is 0 Å². The fourth-order valence-electron chi connectivity index (χ4n) is 1.36. The van der Waals surface area contributed by atoms with Crippen LogP contribution in [0.5, 0.6) is 5.75 Å². The van der Waals surface area contributed by atoms with Gasteiger partial charge in [-0.25, -0.2) is 9.64 Å². The minimum Gasteiger partial charge on any atom is -0.410 e. The number of nitrogens with zero attached hydrogens (tertiary/aromatic N) is 1. The van der Waals surface area contributed by atoms with E-state index in [-0.39, 0.29) is 0 Å². The number of amides is 1. The molecule has 4 heteroatoms. The number of carbonyl (C=O) groups is 1. The van der Waals surface area contributed by atoms with Gasteiger partial charge in [0.05, 0.1) is 6.57 Å². The summed E-state index contributed by atoms with van der Waals surface area (Å²) in [5.74, 6) is 0.479. The van der Waals surface area contributed by atoms with Gasteiger partial charge in [-0.05, 0) is 24.3 Å². The minimum absolute atomic E-state index is 0.479. The van der Waals surface area contributed by atoms with Gasteiger partial charge in [-0.3, -0.25) is 5.32 Å². The largest absolute Gasteiger partial charge is 0.417 e. The van der Waals surface area contributed by atoms with Crippen LogP contribution in [0.2, 0.25) is 0 Å². The number of nitrogens with one attached hydrogen (secondary N) is 1. The van der Waals surface area contributed by atoms with Crippen molar-refractivity contribution >= 4 is 17.5 Å². The second-order valence-electron chi connectivity index (χ2n) is 3.49. The van der Waals surface area contributed by atoms with Gasteiger partial charge in [-0.2, -0.15) is 0 Å². The lowest BCUT2D eigenvalue weighted by Gasteiger charge is -2.06. The summed E-state index contributed by atoms with van der Waals surface area (Å²) >= 11 is 0. The third-order valence-electron chi connectivity index (χ3n) is 2.20. The van der Waals surface area contributed by atoms with Crippen LogP contribution in [0.3, 0.4) is 0 Å². The molecule has 2 rings (SSSR count). The van der Waals surface area contributed by atoms with E-state index in [0.717, 1.165) is 0 Å². The van der Waals surface area contributed by atoms with Crippen LogP contribution < -0.4 is 10.1 Å². The van der Waals surface area contributed by atoms with Crippen LogP contribution in [-0.2, 0) is 0 Å². The van der Waals surface area contributed by atoms with Crippen molar-refractivity contribution < 1.29 is 9.53 Å². The van der Waals surface area contributed by atoms with E-state index in [1.165, 1.54) is 0 Å².